The van der Waals surface area contributed by atoms with Crippen LogP contribution in [0.3, 0.4) is 0 Å². The van der Waals surface area contributed by atoms with Crippen LogP contribution in [0.5, 0.6) is 0 Å². The van der Waals surface area contributed by atoms with Crippen LogP contribution < -0.4 is 5.32 Å². The van der Waals surface area contributed by atoms with Crippen LogP contribution in [-0.2, 0) is 19.3 Å². The van der Waals surface area contributed by atoms with Gasteiger partial charge in [0, 0.05) is 5.69 Å². The molecule has 49 heavy (non-hydrogen) atoms. The zero-order valence-electron chi connectivity index (χ0n) is 31.7. The third kappa shape index (κ3) is 15.3. The van der Waals surface area contributed by atoms with E-state index in [4.69, 9.17) is 0 Å². The number of hydrogen-bond acceptors (Lipinski definition) is 1. The van der Waals surface area contributed by atoms with Crippen molar-refractivity contribution in [3.63, 3.8) is 0 Å². The van der Waals surface area contributed by atoms with Crippen molar-refractivity contribution in [1.82, 2.24) is 0 Å². The summed E-state index contributed by atoms with van der Waals surface area (Å²) in [5.41, 5.74) is 10.9. The molecule has 0 saturated carbocycles. The second-order valence-electron chi connectivity index (χ2n) is 13.8. The van der Waals surface area contributed by atoms with Crippen LogP contribution in [0.15, 0.2) is 141 Å². The smallest absolute Gasteiger partial charge is 0.0539 e. The first-order chi connectivity index (χ1) is 23.7. The van der Waals surface area contributed by atoms with Crippen LogP contribution in [0, 0.1) is 18.8 Å². The first kappa shape index (κ1) is 41.1. The van der Waals surface area contributed by atoms with Crippen LogP contribution in [0.25, 0.3) is 0 Å². The van der Waals surface area contributed by atoms with E-state index < -0.39 is 0 Å². The number of rotatable bonds is 17. The monoisotopic (exact) mass is 656 g/mol. The maximum absolute atomic E-state index is 4.13. The average molecular weight is 656 g/mol. The lowest BCUT2D eigenvalue weighted by Crippen LogP contribution is -2.19. The molecular formula is C48H65N. The predicted molar refractivity (Wildman–Crippen MR) is 220 cm³/mol. The lowest BCUT2D eigenvalue weighted by atomic mass is 9.86. The topological polar surface area (TPSA) is 12.0 Å². The van der Waals surface area contributed by atoms with Crippen LogP contribution in [0.1, 0.15) is 112 Å². The lowest BCUT2D eigenvalue weighted by Gasteiger charge is -2.28. The van der Waals surface area contributed by atoms with Gasteiger partial charge >= 0.3 is 0 Å². The van der Waals surface area contributed by atoms with Crippen LogP contribution in [0.2, 0.25) is 0 Å². The van der Waals surface area contributed by atoms with Gasteiger partial charge in [-0.1, -0.05) is 136 Å². The van der Waals surface area contributed by atoms with Gasteiger partial charge in [-0.3, -0.25) is 0 Å². The van der Waals surface area contributed by atoms with E-state index in [9.17, 15) is 0 Å². The summed E-state index contributed by atoms with van der Waals surface area (Å²) in [4.78, 5) is 0. The highest BCUT2D eigenvalue weighted by molar-refractivity contribution is 5.47. The number of anilines is 1. The van der Waals surface area contributed by atoms with Gasteiger partial charge in [-0.25, -0.2) is 0 Å². The standard InChI is InChI=1S/C43H55N.C3H6.C2H4/c1-32(2)34(4)12-10-15-38-22-28-41(29-23-38)43(36(6)21-20-35(5)40-26-18-33(3)19-27-40)44-42-30-24-39(25-31-42)17-11-16-37-13-8-7-9-14-37;1-3-2;1-2/h7-9,13-14,18-19,22-31,34-36,43-44H,1,10-12,15-17,20-21H2,2-6H3;3H,1H2,2H3;1-2H2. The van der Waals surface area contributed by atoms with Gasteiger partial charge in [0.2, 0.25) is 0 Å². The molecule has 4 atom stereocenters. The van der Waals surface area contributed by atoms with Crippen molar-refractivity contribution in [2.45, 2.75) is 105 Å². The Hall–Kier alpha value is -4.10. The molecule has 4 aromatic rings. The molecule has 0 aliphatic carbocycles. The molecule has 262 valence electrons. The van der Waals surface area contributed by atoms with Crippen LogP contribution in [0.4, 0.5) is 5.69 Å². The normalized spacial score (nSPS) is 12.9. The minimum Gasteiger partial charge on any atom is -0.378 e. The number of aryl methyl sites for hydroxylation is 4. The van der Waals surface area contributed by atoms with E-state index >= 15 is 0 Å². The first-order valence-electron chi connectivity index (χ1n) is 18.5. The molecule has 4 rings (SSSR count). The number of allylic oxidation sites excluding steroid dienone is 2. The molecule has 0 aliphatic heterocycles. The number of benzene rings is 4. The molecule has 0 aliphatic rings. The third-order valence-corrected chi connectivity index (χ3v) is 9.60. The highest BCUT2D eigenvalue weighted by Crippen LogP contribution is 2.33. The number of hydrogen-bond donors (Lipinski definition) is 1. The van der Waals surface area contributed by atoms with Crippen molar-refractivity contribution in [3.8, 4) is 0 Å². The minimum absolute atomic E-state index is 0.265. The van der Waals surface area contributed by atoms with Gasteiger partial charge in [-0.05, 0) is 130 Å². The summed E-state index contributed by atoms with van der Waals surface area (Å²) in [5.74, 6) is 1.65. The summed E-state index contributed by atoms with van der Waals surface area (Å²) in [6, 6.07) is 38.8. The molecule has 0 aromatic heterocycles. The quantitative estimate of drug-likeness (QED) is 0.112. The Labute approximate surface area is 301 Å². The van der Waals surface area contributed by atoms with Gasteiger partial charge in [0.25, 0.3) is 0 Å². The fraction of sp³-hybridized carbons (Fsp3) is 0.375. The van der Waals surface area contributed by atoms with Gasteiger partial charge < -0.3 is 5.32 Å². The van der Waals surface area contributed by atoms with E-state index in [2.05, 4.69) is 169 Å². The van der Waals surface area contributed by atoms with Crippen molar-refractivity contribution in [2.75, 3.05) is 5.32 Å². The fourth-order valence-electron chi connectivity index (χ4n) is 6.13. The van der Waals surface area contributed by atoms with Gasteiger partial charge in [-0.15, -0.1) is 19.7 Å². The highest BCUT2D eigenvalue weighted by atomic mass is 14.9. The van der Waals surface area contributed by atoms with Crippen LogP contribution >= 0.6 is 0 Å². The highest BCUT2D eigenvalue weighted by Gasteiger charge is 2.21. The van der Waals surface area contributed by atoms with Gasteiger partial charge in [0.15, 0.2) is 0 Å². The Morgan fingerprint density at radius 2 is 1.14 bits per heavy atom. The molecule has 0 amide bonds. The molecule has 0 radical (unpaired) electrons. The van der Waals surface area contributed by atoms with Crippen molar-refractivity contribution in [1.29, 1.82) is 0 Å². The summed E-state index contributed by atoms with van der Waals surface area (Å²) in [6.07, 6.45) is 11.1. The maximum atomic E-state index is 4.13. The van der Waals surface area contributed by atoms with Crippen molar-refractivity contribution in [2.24, 2.45) is 11.8 Å². The van der Waals surface area contributed by atoms with Gasteiger partial charge in [0.1, 0.15) is 0 Å². The molecule has 4 unspecified atom stereocenters. The number of nitrogens with one attached hydrogen (secondary N) is 1. The molecule has 1 N–H and O–H groups in total. The minimum atomic E-state index is 0.265. The van der Waals surface area contributed by atoms with E-state index in [1.807, 2.05) is 6.92 Å². The summed E-state index contributed by atoms with van der Waals surface area (Å²) in [5, 5.41) is 3.96. The zero-order chi connectivity index (χ0) is 36.0. The van der Waals surface area contributed by atoms with Crippen LogP contribution in [-0.4, -0.2) is 0 Å². The van der Waals surface area contributed by atoms with E-state index in [0.29, 0.717) is 17.8 Å². The molecule has 0 saturated heterocycles. The van der Waals surface area contributed by atoms with Gasteiger partial charge in [-0.2, -0.15) is 0 Å². The molecule has 4 aromatic carbocycles. The Morgan fingerprint density at radius 3 is 1.69 bits per heavy atom. The Balaban J connectivity index is 0.00000158. The fourth-order valence-corrected chi connectivity index (χ4v) is 6.13. The average Bonchev–Trinajstić information content (AvgIpc) is 3.12. The van der Waals surface area contributed by atoms with Crippen molar-refractivity contribution >= 4 is 5.69 Å². The molecule has 0 spiro atoms. The van der Waals surface area contributed by atoms with E-state index in [1.165, 1.54) is 76.7 Å². The summed E-state index contributed by atoms with van der Waals surface area (Å²) < 4.78 is 0. The second-order valence-corrected chi connectivity index (χ2v) is 13.8. The first-order valence-corrected chi connectivity index (χ1v) is 18.5. The Kier molecular flexibility index (Phi) is 19.5. The third-order valence-electron chi connectivity index (χ3n) is 9.60. The molecular weight excluding hydrogens is 591 g/mol. The second kappa shape index (κ2) is 23.3. The Morgan fingerprint density at radius 1 is 0.653 bits per heavy atom. The van der Waals surface area contributed by atoms with E-state index in [-0.39, 0.29) is 6.04 Å². The van der Waals surface area contributed by atoms with E-state index in [0.717, 1.165) is 19.3 Å². The van der Waals surface area contributed by atoms with Gasteiger partial charge in [0.05, 0.1) is 6.04 Å². The Bertz CT molecular complexity index is 1450. The van der Waals surface area contributed by atoms with Crippen molar-refractivity contribution in [3.05, 3.63) is 174 Å². The van der Waals surface area contributed by atoms with Crippen molar-refractivity contribution < 1.29 is 0 Å². The predicted octanol–water partition coefficient (Wildman–Crippen LogP) is 14.1. The summed E-state index contributed by atoms with van der Waals surface area (Å²) in [6.45, 7) is 26.8. The largest absolute Gasteiger partial charge is 0.378 e. The van der Waals surface area contributed by atoms with E-state index in [1.54, 1.807) is 6.08 Å². The molecule has 0 heterocycles. The molecule has 0 bridgehead atoms. The maximum Gasteiger partial charge on any atom is 0.0539 e. The summed E-state index contributed by atoms with van der Waals surface area (Å²) >= 11 is 0. The zero-order valence-corrected chi connectivity index (χ0v) is 31.7. The molecule has 1 heteroatoms. The molecule has 0 fully saturated rings. The molecule has 1 nitrogen and oxygen atoms in total. The summed E-state index contributed by atoms with van der Waals surface area (Å²) in [7, 11) is 0. The SMILES string of the molecule is C=C.C=C(C)C(C)CCCc1ccc(C(Nc2ccc(CCCc3ccccc3)cc2)C(C)CCC(C)c2ccc(C)cc2)cc1.C=CC. The lowest BCUT2D eigenvalue weighted by molar-refractivity contribution is 0.429.